The molecule has 0 spiro atoms. The topological polar surface area (TPSA) is 46.5 Å². The average molecular weight is 433 g/mol. The van der Waals surface area contributed by atoms with Crippen molar-refractivity contribution in [3.63, 3.8) is 0 Å². The van der Waals surface area contributed by atoms with Gasteiger partial charge in [-0.15, -0.1) is 0 Å². The highest BCUT2D eigenvalue weighted by Crippen LogP contribution is 2.35. The van der Waals surface area contributed by atoms with Gasteiger partial charge in [-0.25, -0.2) is 0 Å². The van der Waals surface area contributed by atoms with Gasteiger partial charge in [-0.2, -0.15) is 0 Å². The van der Waals surface area contributed by atoms with Crippen molar-refractivity contribution < 1.29 is 14.6 Å². The lowest BCUT2D eigenvalue weighted by atomic mass is 9.79. The number of esters is 1. The van der Waals surface area contributed by atoms with Crippen LogP contribution in [0.15, 0.2) is 18.2 Å². The van der Waals surface area contributed by atoms with E-state index in [1.165, 1.54) is 51.4 Å². The van der Waals surface area contributed by atoms with Gasteiger partial charge in [0, 0.05) is 6.42 Å². The summed E-state index contributed by atoms with van der Waals surface area (Å²) in [5.74, 6) is 0.240. The summed E-state index contributed by atoms with van der Waals surface area (Å²) in [6.45, 7) is 9.35. The second-order valence-corrected chi connectivity index (χ2v) is 9.74. The summed E-state index contributed by atoms with van der Waals surface area (Å²) in [4.78, 5) is 12.1. The van der Waals surface area contributed by atoms with Crippen LogP contribution >= 0.6 is 0 Å². The summed E-state index contributed by atoms with van der Waals surface area (Å²) in [5, 5.41) is 10.3. The number of aromatic hydroxyl groups is 1. The number of hydrogen-bond donors (Lipinski definition) is 1. The predicted molar refractivity (Wildman–Crippen MR) is 132 cm³/mol. The summed E-state index contributed by atoms with van der Waals surface area (Å²) in [7, 11) is 0. The molecule has 0 radical (unpaired) electrons. The fourth-order valence-electron chi connectivity index (χ4n) is 4.13. The molecule has 31 heavy (non-hydrogen) atoms. The molecule has 0 heterocycles. The van der Waals surface area contributed by atoms with Crippen molar-refractivity contribution in [2.45, 2.75) is 129 Å². The van der Waals surface area contributed by atoms with Gasteiger partial charge in [0.2, 0.25) is 0 Å². The molecule has 1 aromatic rings. The van der Waals surface area contributed by atoms with E-state index in [1.54, 1.807) is 6.07 Å². The molecule has 1 aromatic carbocycles. The molecule has 0 saturated heterocycles. The predicted octanol–water partition coefficient (Wildman–Crippen LogP) is 8.26. The quantitative estimate of drug-likeness (QED) is 0.187. The van der Waals surface area contributed by atoms with Crippen molar-refractivity contribution in [2.75, 3.05) is 6.61 Å². The van der Waals surface area contributed by atoms with Crippen LogP contribution in [0, 0.1) is 0 Å². The number of phenolic OH excluding ortho intramolecular Hbond substituents is 1. The van der Waals surface area contributed by atoms with Crippen molar-refractivity contribution in [3.05, 3.63) is 29.3 Å². The van der Waals surface area contributed by atoms with E-state index in [9.17, 15) is 9.90 Å². The zero-order chi connectivity index (χ0) is 23.0. The number of unbranched alkanes of at least 4 members (excludes halogenated alkanes) is 10. The van der Waals surface area contributed by atoms with Gasteiger partial charge in [-0.05, 0) is 41.9 Å². The first-order valence-corrected chi connectivity index (χ1v) is 12.9. The van der Waals surface area contributed by atoms with Crippen molar-refractivity contribution in [1.82, 2.24) is 0 Å². The van der Waals surface area contributed by atoms with E-state index in [1.807, 2.05) is 6.07 Å². The monoisotopic (exact) mass is 432 g/mol. The molecule has 0 atom stereocenters. The van der Waals surface area contributed by atoms with Gasteiger partial charge in [0.25, 0.3) is 0 Å². The van der Waals surface area contributed by atoms with Crippen LogP contribution in [0.4, 0.5) is 0 Å². The Kier molecular flexibility index (Phi) is 14.4. The van der Waals surface area contributed by atoms with E-state index in [0.717, 1.165) is 43.2 Å². The number of rotatable bonds is 18. The molecule has 0 aromatic heterocycles. The Morgan fingerprint density at radius 2 is 1.45 bits per heavy atom. The van der Waals surface area contributed by atoms with Gasteiger partial charge >= 0.3 is 5.97 Å². The Bertz CT molecular complexity index is 606. The van der Waals surface area contributed by atoms with Crippen LogP contribution in [-0.2, 0) is 21.4 Å². The minimum absolute atomic E-state index is 0.0634. The first-order valence-electron chi connectivity index (χ1n) is 12.9. The van der Waals surface area contributed by atoms with Crippen molar-refractivity contribution in [1.29, 1.82) is 0 Å². The van der Waals surface area contributed by atoms with E-state index < -0.39 is 0 Å². The van der Waals surface area contributed by atoms with Gasteiger partial charge in [-0.1, -0.05) is 110 Å². The molecule has 0 amide bonds. The Labute approximate surface area is 192 Å². The normalized spacial score (nSPS) is 11.6. The number of benzene rings is 1. The Balaban J connectivity index is 2.21. The standard InChI is InChI=1S/C28H48O3/c1-5-7-9-10-11-12-13-14-15-16-22-31-27(30)20-18-24-17-19-26(29)25(23-24)28(3,4)21-8-6-2/h17,19,23,29H,5-16,18,20-22H2,1-4H3. The van der Waals surface area contributed by atoms with Gasteiger partial charge in [-0.3, -0.25) is 4.79 Å². The maximum absolute atomic E-state index is 12.1. The van der Waals surface area contributed by atoms with Crippen LogP contribution < -0.4 is 0 Å². The van der Waals surface area contributed by atoms with Gasteiger partial charge in [0.05, 0.1) is 6.61 Å². The summed E-state index contributed by atoms with van der Waals surface area (Å²) in [5.41, 5.74) is 2.01. The largest absolute Gasteiger partial charge is 0.508 e. The molecule has 178 valence electrons. The SMILES string of the molecule is CCCCCCCCCCCCOC(=O)CCc1ccc(O)c(C(C)(C)CCCC)c1. The summed E-state index contributed by atoms with van der Waals surface area (Å²) < 4.78 is 5.42. The van der Waals surface area contributed by atoms with Crippen molar-refractivity contribution >= 4 is 5.97 Å². The third kappa shape index (κ3) is 12.2. The molecule has 1 N–H and O–H groups in total. The Morgan fingerprint density at radius 1 is 0.871 bits per heavy atom. The molecule has 0 aliphatic heterocycles. The van der Waals surface area contributed by atoms with E-state index in [-0.39, 0.29) is 11.4 Å². The minimum atomic E-state index is -0.115. The maximum Gasteiger partial charge on any atom is 0.306 e. The lowest BCUT2D eigenvalue weighted by molar-refractivity contribution is -0.143. The fraction of sp³-hybridized carbons (Fsp3) is 0.750. The van der Waals surface area contributed by atoms with Crippen molar-refractivity contribution in [3.8, 4) is 5.75 Å². The summed E-state index contributed by atoms with van der Waals surface area (Å²) in [6.07, 6.45) is 17.2. The molecule has 0 saturated carbocycles. The number of hydrogen-bond acceptors (Lipinski definition) is 3. The highest BCUT2D eigenvalue weighted by atomic mass is 16.5. The third-order valence-electron chi connectivity index (χ3n) is 6.32. The van der Waals surface area contributed by atoms with Crippen LogP contribution in [0.5, 0.6) is 5.75 Å². The molecular formula is C28H48O3. The minimum Gasteiger partial charge on any atom is -0.508 e. The number of carbonyl (C=O) groups is 1. The number of ether oxygens (including phenoxy) is 1. The highest BCUT2D eigenvalue weighted by Gasteiger charge is 2.23. The second-order valence-electron chi connectivity index (χ2n) is 9.74. The molecule has 0 bridgehead atoms. The van der Waals surface area contributed by atoms with E-state index >= 15 is 0 Å². The molecule has 3 nitrogen and oxygen atoms in total. The van der Waals surface area contributed by atoms with Crippen LogP contribution in [0.25, 0.3) is 0 Å². The average Bonchev–Trinajstić information content (AvgIpc) is 2.75. The van der Waals surface area contributed by atoms with Crippen molar-refractivity contribution in [2.24, 2.45) is 0 Å². The van der Waals surface area contributed by atoms with Gasteiger partial charge < -0.3 is 9.84 Å². The number of carbonyl (C=O) groups excluding carboxylic acids is 1. The smallest absolute Gasteiger partial charge is 0.306 e. The molecule has 0 unspecified atom stereocenters. The number of phenols is 1. The fourth-order valence-corrected chi connectivity index (χ4v) is 4.13. The van der Waals surface area contributed by atoms with Crippen LogP contribution in [-0.4, -0.2) is 17.7 Å². The van der Waals surface area contributed by atoms with E-state index in [4.69, 9.17) is 4.74 Å². The highest BCUT2D eigenvalue weighted by molar-refractivity contribution is 5.69. The zero-order valence-corrected chi connectivity index (χ0v) is 20.8. The lowest BCUT2D eigenvalue weighted by Gasteiger charge is -2.26. The first-order chi connectivity index (χ1) is 14.9. The lowest BCUT2D eigenvalue weighted by Crippen LogP contribution is -2.17. The zero-order valence-electron chi connectivity index (χ0n) is 20.8. The summed E-state index contributed by atoms with van der Waals surface area (Å²) >= 11 is 0. The van der Waals surface area contributed by atoms with E-state index in [0.29, 0.717) is 25.2 Å². The maximum atomic E-state index is 12.1. The van der Waals surface area contributed by atoms with Gasteiger partial charge in [0.1, 0.15) is 5.75 Å². The molecule has 0 aliphatic rings. The number of aryl methyl sites for hydroxylation is 1. The second kappa shape index (κ2) is 16.2. The first kappa shape index (κ1) is 27.5. The van der Waals surface area contributed by atoms with Crippen LogP contribution in [0.2, 0.25) is 0 Å². The third-order valence-corrected chi connectivity index (χ3v) is 6.32. The van der Waals surface area contributed by atoms with E-state index in [2.05, 4.69) is 33.8 Å². The molecule has 3 heteroatoms. The Morgan fingerprint density at radius 3 is 2.06 bits per heavy atom. The molecule has 1 rings (SSSR count). The molecular weight excluding hydrogens is 384 g/mol. The van der Waals surface area contributed by atoms with Gasteiger partial charge in [0.15, 0.2) is 0 Å². The molecule has 0 aliphatic carbocycles. The van der Waals surface area contributed by atoms with Crippen LogP contribution in [0.3, 0.4) is 0 Å². The van der Waals surface area contributed by atoms with Crippen LogP contribution in [0.1, 0.15) is 129 Å². The Hall–Kier alpha value is -1.51. The molecule has 0 fully saturated rings. The summed E-state index contributed by atoms with van der Waals surface area (Å²) in [6, 6.07) is 5.76.